The summed E-state index contributed by atoms with van der Waals surface area (Å²) < 4.78 is 43.2. The third-order valence-electron chi connectivity index (χ3n) is 5.82. The van der Waals surface area contributed by atoms with E-state index in [4.69, 9.17) is 4.74 Å². The quantitative estimate of drug-likeness (QED) is 0.301. The molecule has 35 heavy (non-hydrogen) atoms. The van der Waals surface area contributed by atoms with Crippen molar-refractivity contribution in [2.24, 2.45) is 0 Å². The largest absolute Gasteiger partial charge is 0.490 e. The fourth-order valence-electron chi connectivity index (χ4n) is 3.29. The van der Waals surface area contributed by atoms with Crippen LogP contribution < -0.4 is 4.74 Å². The Kier molecular flexibility index (Phi) is 8.33. The monoisotopic (exact) mass is 500 g/mol. The van der Waals surface area contributed by atoms with Crippen LogP contribution in [0.1, 0.15) is 38.3 Å². The molecule has 0 radical (unpaired) electrons. The van der Waals surface area contributed by atoms with Crippen LogP contribution in [0.3, 0.4) is 0 Å². The molecule has 3 aromatic rings. The molecule has 0 aliphatic heterocycles. The first-order valence-electron chi connectivity index (χ1n) is 11.1. The van der Waals surface area contributed by atoms with Crippen molar-refractivity contribution in [1.29, 1.82) is 0 Å². The van der Waals surface area contributed by atoms with E-state index in [1.165, 1.54) is 23.9 Å². The van der Waals surface area contributed by atoms with Gasteiger partial charge in [-0.15, -0.1) is 11.8 Å². The van der Waals surface area contributed by atoms with Crippen molar-refractivity contribution in [3.05, 3.63) is 90.0 Å². The number of hydrogen-bond donors (Lipinski definition) is 1. The third-order valence-corrected chi connectivity index (χ3v) is 7.24. The minimum atomic E-state index is -4.34. The van der Waals surface area contributed by atoms with Gasteiger partial charge in [0.05, 0.1) is 5.56 Å². The van der Waals surface area contributed by atoms with E-state index in [9.17, 15) is 23.1 Å². The first kappa shape index (κ1) is 26.4. The molecule has 0 heterocycles. The van der Waals surface area contributed by atoms with Gasteiger partial charge in [0, 0.05) is 4.90 Å². The number of hydrogen-bond acceptors (Lipinski definition) is 3. The Bertz CT molecular complexity index is 1170. The highest BCUT2D eigenvalue weighted by molar-refractivity contribution is 8.01. The predicted octanol–water partition coefficient (Wildman–Crippen LogP) is 8.20. The van der Waals surface area contributed by atoms with Crippen molar-refractivity contribution >= 4 is 23.3 Å². The molecule has 1 N–H and O–H groups in total. The maximum Gasteiger partial charge on any atom is 0.416 e. The lowest BCUT2D eigenvalue weighted by atomic mass is 10.00. The molecule has 0 aliphatic rings. The van der Waals surface area contributed by atoms with Crippen LogP contribution in [0.2, 0.25) is 0 Å². The molecule has 0 saturated carbocycles. The molecule has 0 bridgehead atoms. The second-order valence-electron chi connectivity index (χ2n) is 8.31. The molecule has 0 fully saturated rings. The summed E-state index contributed by atoms with van der Waals surface area (Å²) >= 11 is 1.32. The average Bonchev–Trinajstić information content (AvgIpc) is 2.84. The minimum Gasteiger partial charge on any atom is -0.490 e. The summed E-state index contributed by atoms with van der Waals surface area (Å²) in [6.07, 6.45) is -1.88. The number of carboxylic acids is 1. The van der Waals surface area contributed by atoms with Gasteiger partial charge < -0.3 is 9.84 Å². The molecule has 0 spiro atoms. The van der Waals surface area contributed by atoms with Gasteiger partial charge in [-0.25, -0.2) is 0 Å². The van der Waals surface area contributed by atoms with Crippen molar-refractivity contribution < 1.29 is 27.8 Å². The Morgan fingerprint density at radius 1 is 0.943 bits per heavy atom. The molecule has 1 unspecified atom stereocenters. The summed E-state index contributed by atoms with van der Waals surface area (Å²) in [4.78, 5) is 12.4. The zero-order valence-corrected chi connectivity index (χ0v) is 20.5. The molecule has 1 atom stereocenters. The van der Waals surface area contributed by atoms with E-state index in [1.54, 1.807) is 6.92 Å². The van der Waals surface area contributed by atoms with Gasteiger partial charge in [0.1, 0.15) is 17.1 Å². The maximum atomic E-state index is 12.8. The zero-order chi connectivity index (χ0) is 25.6. The fraction of sp³-hybridized carbons (Fsp3) is 0.250. The molecule has 3 aromatic carbocycles. The van der Waals surface area contributed by atoms with E-state index in [2.05, 4.69) is 0 Å². The van der Waals surface area contributed by atoms with E-state index in [0.717, 1.165) is 39.3 Å². The molecule has 7 heteroatoms. The SMILES string of the molecule is CCC(C)(Sc1ccc(OC/C=C(\C)c2ccc(-c3ccc(C(F)(F)F)cc3)cc2)cc1)C(=O)O. The van der Waals surface area contributed by atoms with Gasteiger partial charge in [-0.2, -0.15) is 13.2 Å². The average molecular weight is 501 g/mol. The minimum absolute atomic E-state index is 0.362. The maximum absolute atomic E-state index is 12.8. The molecule has 3 rings (SSSR count). The number of alkyl halides is 3. The van der Waals surface area contributed by atoms with Crippen molar-refractivity contribution in [1.82, 2.24) is 0 Å². The lowest BCUT2D eigenvalue weighted by Gasteiger charge is -2.22. The Morgan fingerprint density at radius 2 is 1.49 bits per heavy atom. The van der Waals surface area contributed by atoms with Gasteiger partial charge in [-0.05, 0) is 85.0 Å². The molecule has 0 aliphatic carbocycles. The number of ether oxygens (including phenoxy) is 1. The van der Waals surface area contributed by atoms with E-state index in [1.807, 2.05) is 68.5 Å². The molecule has 3 nitrogen and oxygen atoms in total. The highest BCUT2D eigenvalue weighted by Gasteiger charge is 2.32. The number of rotatable bonds is 9. The molecular formula is C28H27F3O3S. The number of thioether (sulfide) groups is 1. The number of benzene rings is 3. The Morgan fingerprint density at radius 3 is 1.97 bits per heavy atom. The number of aliphatic carboxylic acids is 1. The number of halogens is 3. The van der Waals surface area contributed by atoms with E-state index in [-0.39, 0.29) is 0 Å². The summed E-state index contributed by atoms with van der Waals surface area (Å²) in [5.74, 6) is -0.150. The van der Waals surface area contributed by atoms with E-state index < -0.39 is 22.5 Å². The molecular weight excluding hydrogens is 473 g/mol. The van der Waals surface area contributed by atoms with Gasteiger partial charge in [-0.3, -0.25) is 4.79 Å². The van der Waals surface area contributed by atoms with Crippen LogP contribution in [0.15, 0.2) is 83.8 Å². The van der Waals surface area contributed by atoms with Gasteiger partial charge >= 0.3 is 12.1 Å². The first-order chi connectivity index (χ1) is 16.5. The molecule has 0 saturated heterocycles. The second kappa shape index (κ2) is 11.0. The van der Waals surface area contributed by atoms with Crippen LogP contribution in [-0.2, 0) is 11.0 Å². The highest BCUT2D eigenvalue weighted by atomic mass is 32.2. The Balaban J connectivity index is 1.58. The number of allylic oxidation sites excluding steroid dienone is 1. The van der Waals surface area contributed by atoms with Crippen molar-refractivity contribution in [3.63, 3.8) is 0 Å². The molecule has 184 valence electrons. The predicted molar refractivity (Wildman–Crippen MR) is 135 cm³/mol. The van der Waals surface area contributed by atoms with Crippen LogP contribution in [0, 0.1) is 0 Å². The molecule has 0 aromatic heterocycles. The Hall–Kier alpha value is -3.19. The van der Waals surface area contributed by atoms with Crippen LogP contribution in [0.5, 0.6) is 5.75 Å². The van der Waals surface area contributed by atoms with Crippen LogP contribution in [0.4, 0.5) is 13.2 Å². The van der Waals surface area contributed by atoms with E-state index >= 15 is 0 Å². The smallest absolute Gasteiger partial charge is 0.416 e. The van der Waals surface area contributed by atoms with Crippen molar-refractivity contribution in [3.8, 4) is 16.9 Å². The third kappa shape index (κ3) is 6.92. The normalized spacial score (nSPS) is 13.8. The van der Waals surface area contributed by atoms with Crippen LogP contribution in [0.25, 0.3) is 16.7 Å². The molecule has 0 amide bonds. The topological polar surface area (TPSA) is 46.5 Å². The number of carboxylic acid groups (broad SMARTS) is 1. The standard InChI is InChI=1S/C28H27F3O3S/c1-4-27(3,26(32)33)35-25-15-13-24(14-16-25)34-18-17-19(2)20-5-7-21(8-6-20)22-9-11-23(12-10-22)28(29,30)31/h5-17H,4,18H2,1-3H3,(H,32,33)/b19-17+. The lowest BCUT2D eigenvalue weighted by molar-refractivity contribution is -0.139. The summed E-state index contributed by atoms with van der Waals surface area (Å²) in [5, 5.41) is 9.43. The summed E-state index contributed by atoms with van der Waals surface area (Å²) in [5.41, 5.74) is 2.90. The van der Waals surface area contributed by atoms with Crippen molar-refractivity contribution in [2.45, 2.75) is 43.0 Å². The van der Waals surface area contributed by atoms with Gasteiger partial charge in [0.15, 0.2) is 0 Å². The second-order valence-corrected chi connectivity index (χ2v) is 9.89. The number of carbonyl (C=O) groups is 1. The van der Waals surface area contributed by atoms with Crippen LogP contribution in [-0.4, -0.2) is 22.4 Å². The zero-order valence-electron chi connectivity index (χ0n) is 19.7. The van der Waals surface area contributed by atoms with Gasteiger partial charge in [0.25, 0.3) is 0 Å². The van der Waals surface area contributed by atoms with Crippen molar-refractivity contribution in [2.75, 3.05) is 6.61 Å². The lowest BCUT2D eigenvalue weighted by Crippen LogP contribution is -2.30. The van der Waals surface area contributed by atoms with Crippen LogP contribution >= 0.6 is 11.8 Å². The van der Waals surface area contributed by atoms with Gasteiger partial charge in [-0.1, -0.05) is 43.3 Å². The first-order valence-corrected chi connectivity index (χ1v) is 11.9. The highest BCUT2D eigenvalue weighted by Crippen LogP contribution is 2.36. The Labute approximate surface area is 207 Å². The van der Waals surface area contributed by atoms with E-state index in [0.29, 0.717) is 18.8 Å². The fourth-order valence-corrected chi connectivity index (χ4v) is 4.31. The summed E-state index contributed by atoms with van der Waals surface area (Å²) in [6, 6.07) is 20.1. The summed E-state index contributed by atoms with van der Waals surface area (Å²) in [7, 11) is 0. The summed E-state index contributed by atoms with van der Waals surface area (Å²) in [6.45, 7) is 5.90. The van der Waals surface area contributed by atoms with Gasteiger partial charge in [0.2, 0.25) is 0 Å².